The first-order chi connectivity index (χ1) is 11.2. The van der Waals surface area contributed by atoms with Crippen molar-refractivity contribution < 1.29 is 9.59 Å². The van der Waals surface area contributed by atoms with Crippen LogP contribution in [0.15, 0.2) is 16.8 Å². The van der Waals surface area contributed by atoms with Crippen LogP contribution in [0.5, 0.6) is 0 Å². The summed E-state index contributed by atoms with van der Waals surface area (Å²) in [5.74, 6) is 0.0404. The largest absolute Gasteiger partial charge is 0.353 e. The zero-order chi connectivity index (χ0) is 16.5. The van der Waals surface area contributed by atoms with Crippen LogP contribution in [0.4, 0.5) is 0 Å². The fourth-order valence-corrected chi connectivity index (χ4v) is 3.50. The van der Waals surface area contributed by atoms with Crippen molar-refractivity contribution in [3.05, 3.63) is 22.4 Å². The molecule has 1 aromatic rings. The summed E-state index contributed by atoms with van der Waals surface area (Å²) in [5.41, 5.74) is 0.693. The van der Waals surface area contributed by atoms with Crippen molar-refractivity contribution >= 4 is 23.2 Å². The van der Waals surface area contributed by atoms with Crippen LogP contribution in [0.3, 0.4) is 0 Å². The predicted octanol–water partition coefficient (Wildman–Crippen LogP) is 2.25. The van der Waals surface area contributed by atoms with E-state index in [2.05, 4.69) is 22.5 Å². The lowest BCUT2D eigenvalue weighted by Gasteiger charge is -2.32. The van der Waals surface area contributed by atoms with E-state index in [1.54, 1.807) is 6.07 Å². The lowest BCUT2D eigenvalue weighted by Crippen LogP contribution is -2.44. The molecule has 5 nitrogen and oxygen atoms in total. The lowest BCUT2D eigenvalue weighted by molar-refractivity contribution is -0.122. The molecule has 0 atom stereocenters. The fraction of sp³-hybridized carbons (Fsp3) is 0.647. The van der Waals surface area contributed by atoms with Gasteiger partial charge in [0.1, 0.15) is 0 Å². The Morgan fingerprint density at radius 3 is 2.78 bits per heavy atom. The number of nitrogens with zero attached hydrogens (tertiary/aromatic N) is 1. The first-order valence-corrected chi connectivity index (χ1v) is 9.45. The number of nitrogens with one attached hydrogen (secondary N) is 2. The first-order valence-electron chi connectivity index (χ1n) is 8.51. The molecule has 0 bridgehead atoms. The van der Waals surface area contributed by atoms with E-state index in [0.717, 1.165) is 32.5 Å². The summed E-state index contributed by atoms with van der Waals surface area (Å²) in [5, 5.41) is 9.67. The van der Waals surface area contributed by atoms with Gasteiger partial charge in [0, 0.05) is 43.0 Å². The van der Waals surface area contributed by atoms with E-state index in [9.17, 15) is 9.59 Å². The molecule has 1 aliphatic rings. The van der Waals surface area contributed by atoms with Crippen LogP contribution in [-0.4, -0.2) is 48.9 Å². The number of carbonyl (C=O) groups is 2. The minimum Gasteiger partial charge on any atom is -0.353 e. The van der Waals surface area contributed by atoms with Crippen LogP contribution in [0.2, 0.25) is 0 Å². The summed E-state index contributed by atoms with van der Waals surface area (Å²) in [6, 6.07) is 2.12. The number of carbonyl (C=O) groups excluding carboxylic acids is 2. The Labute approximate surface area is 142 Å². The van der Waals surface area contributed by atoms with Gasteiger partial charge in [0.15, 0.2) is 0 Å². The van der Waals surface area contributed by atoms with Crippen LogP contribution in [0, 0.1) is 0 Å². The number of thiophene rings is 1. The fourth-order valence-electron chi connectivity index (χ4n) is 2.86. The monoisotopic (exact) mass is 337 g/mol. The Balaban J connectivity index is 1.54. The molecule has 1 aromatic heterocycles. The molecule has 1 saturated heterocycles. The van der Waals surface area contributed by atoms with Gasteiger partial charge in [-0.05, 0) is 43.7 Å². The van der Waals surface area contributed by atoms with E-state index in [1.165, 1.54) is 17.8 Å². The van der Waals surface area contributed by atoms with E-state index in [4.69, 9.17) is 0 Å². The molecule has 0 spiro atoms. The van der Waals surface area contributed by atoms with Gasteiger partial charge >= 0.3 is 0 Å². The molecule has 0 aromatic carbocycles. The van der Waals surface area contributed by atoms with Crippen LogP contribution in [0.1, 0.15) is 49.4 Å². The molecule has 0 saturated carbocycles. The van der Waals surface area contributed by atoms with E-state index < -0.39 is 0 Å². The third-order valence-electron chi connectivity index (χ3n) is 4.14. The maximum atomic E-state index is 12.0. The van der Waals surface area contributed by atoms with E-state index in [1.807, 2.05) is 10.8 Å². The minimum absolute atomic E-state index is 0.0602. The summed E-state index contributed by atoms with van der Waals surface area (Å²) in [6.45, 7) is 6.05. The average Bonchev–Trinajstić information content (AvgIpc) is 3.08. The second-order valence-electron chi connectivity index (χ2n) is 6.05. The number of rotatable bonds is 8. The number of amides is 2. The lowest BCUT2D eigenvalue weighted by atomic mass is 10.0. The Morgan fingerprint density at radius 1 is 1.35 bits per heavy atom. The second-order valence-corrected chi connectivity index (χ2v) is 6.83. The normalized spacial score (nSPS) is 16.2. The molecule has 2 amide bonds. The van der Waals surface area contributed by atoms with Crippen molar-refractivity contribution in [3.63, 3.8) is 0 Å². The van der Waals surface area contributed by atoms with Gasteiger partial charge in [-0.15, -0.1) is 0 Å². The molecule has 1 fully saturated rings. The van der Waals surface area contributed by atoms with Gasteiger partial charge in [-0.2, -0.15) is 11.3 Å². The van der Waals surface area contributed by atoms with E-state index in [-0.39, 0.29) is 11.8 Å². The SMILES string of the molecule is CCCN1CCC(NC(=O)CCCNC(=O)c2ccsc2)CC1. The van der Waals surface area contributed by atoms with Crippen molar-refractivity contribution in [1.82, 2.24) is 15.5 Å². The molecule has 0 radical (unpaired) electrons. The zero-order valence-corrected chi connectivity index (χ0v) is 14.7. The smallest absolute Gasteiger partial charge is 0.252 e. The summed E-state index contributed by atoms with van der Waals surface area (Å²) in [4.78, 5) is 26.2. The van der Waals surface area contributed by atoms with E-state index >= 15 is 0 Å². The molecule has 2 rings (SSSR count). The topological polar surface area (TPSA) is 61.4 Å². The van der Waals surface area contributed by atoms with Crippen molar-refractivity contribution in [3.8, 4) is 0 Å². The third kappa shape index (κ3) is 6.31. The Morgan fingerprint density at radius 2 is 2.13 bits per heavy atom. The Kier molecular flexibility index (Phi) is 7.55. The van der Waals surface area contributed by atoms with Crippen LogP contribution in [-0.2, 0) is 4.79 Å². The minimum atomic E-state index is -0.0602. The van der Waals surface area contributed by atoms with Crippen LogP contribution in [0.25, 0.3) is 0 Å². The number of piperidine rings is 1. The molecule has 0 aliphatic carbocycles. The van der Waals surface area contributed by atoms with Gasteiger partial charge in [-0.1, -0.05) is 6.92 Å². The maximum Gasteiger partial charge on any atom is 0.252 e. The second kappa shape index (κ2) is 9.67. The summed E-state index contributed by atoms with van der Waals surface area (Å²) in [7, 11) is 0. The van der Waals surface area contributed by atoms with Gasteiger partial charge in [0.2, 0.25) is 5.91 Å². The average molecular weight is 337 g/mol. The third-order valence-corrected chi connectivity index (χ3v) is 4.83. The molecule has 6 heteroatoms. The van der Waals surface area contributed by atoms with Crippen molar-refractivity contribution in [2.24, 2.45) is 0 Å². The standard InChI is InChI=1S/C17H27N3O2S/c1-2-9-20-10-5-15(6-11-20)19-16(21)4-3-8-18-17(22)14-7-12-23-13-14/h7,12-13,15H,2-6,8-11H2,1H3,(H,18,22)(H,19,21). The molecule has 0 unspecified atom stereocenters. The molecule has 2 heterocycles. The van der Waals surface area contributed by atoms with Crippen molar-refractivity contribution in [1.29, 1.82) is 0 Å². The Bertz CT molecular complexity index is 482. The highest BCUT2D eigenvalue weighted by molar-refractivity contribution is 7.08. The summed E-state index contributed by atoms with van der Waals surface area (Å²) < 4.78 is 0. The molecule has 23 heavy (non-hydrogen) atoms. The van der Waals surface area contributed by atoms with Gasteiger partial charge < -0.3 is 15.5 Å². The highest BCUT2D eigenvalue weighted by Gasteiger charge is 2.19. The maximum absolute atomic E-state index is 12.0. The highest BCUT2D eigenvalue weighted by atomic mass is 32.1. The van der Waals surface area contributed by atoms with Gasteiger partial charge in [-0.25, -0.2) is 0 Å². The first kappa shape index (κ1) is 17.9. The van der Waals surface area contributed by atoms with Gasteiger partial charge in [0.05, 0.1) is 0 Å². The number of likely N-dealkylation sites (tertiary alicyclic amines) is 1. The van der Waals surface area contributed by atoms with Gasteiger partial charge in [0.25, 0.3) is 5.91 Å². The summed E-state index contributed by atoms with van der Waals surface area (Å²) >= 11 is 1.51. The zero-order valence-electron chi connectivity index (χ0n) is 13.8. The van der Waals surface area contributed by atoms with Gasteiger partial charge in [-0.3, -0.25) is 9.59 Å². The number of hydrogen-bond donors (Lipinski definition) is 2. The molecular formula is C17H27N3O2S. The predicted molar refractivity (Wildman–Crippen MR) is 93.8 cm³/mol. The van der Waals surface area contributed by atoms with Crippen molar-refractivity contribution in [2.45, 2.75) is 45.1 Å². The van der Waals surface area contributed by atoms with Crippen molar-refractivity contribution in [2.75, 3.05) is 26.2 Å². The molecule has 1 aliphatic heterocycles. The number of hydrogen-bond acceptors (Lipinski definition) is 4. The van der Waals surface area contributed by atoms with E-state index in [0.29, 0.717) is 31.0 Å². The molecule has 2 N–H and O–H groups in total. The summed E-state index contributed by atoms with van der Waals surface area (Å²) in [6.07, 6.45) is 4.42. The molecular weight excluding hydrogens is 310 g/mol. The highest BCUT2D eigenvalue weighted by Crippen LogP contribution is 2.11. The van der Waals surface area contributed by atoms with Crippen LogP contribution < -0.4 is 10.6 Å². The van der Waals surface area contributed by atoms with Crippen LogP contribution >= 0.6 is 11.3 Å². The quantitative estimate of drug-likeness (QED) is 0.715. The Hall–Kier alpha value is -1.40. The molecule has 128 valence electrons.